The summed E-state index contributed by atoms with van der Waals surface area (Å²) in [7, 11) is 0. The minimum atomic E-state index is 0. The molecule has 0 bridgehead atoms. The number of amides is 1. The zero-order chi connectivity index (χ0) is 15.5. The summed E-state index contributed by atoms with van der Waals surface area (Å²) in [5.41, 5.74) is 2.24. The van der Waals surface area contributed by atoms with Gasteiger partial charge in [0.15, 0.2) is 0 Å². The molecule has 1 aromatic rings. The minimum absolute atomic E-state index is 0. The van der Waals surface area contributed by atoms with Crippen LogP contribution in [0.5, 0.6) is 0 Å². The molecule has 3 rings (SSSR count). The monoisotopic (exact) mass is 376 g/mol. The number of nitrogens with zero attached hydrogens (tertiary/aromatic N) is 1. The Morgan fingerprint density at radius 2 is 2.00 bits per heavy atom. The number of nitrogens with one attached hydrogen (secondary N) is 1. The van der Waals surface area contributed by atoms with Gasteiger partial charge in [-0.05, 0) is 61.9 Å². The highest BCUT2D eigenvalue weighted by molar-refractivity contribution is 6.42. The molecule has 0 unspecified atom stereocenters. The van der Waals surface area contributed by atoms with Crippen LogP contribution in [0, 0.1) is 5.92 Å². The lowest BCUT2D eigenvalue weighted by molar-refractivity contribution is -0.132. The molecule has 128 valence electrons. The molecular weight excluding hydrogens is 355 g/mol. The Balaban J connectivity index is 0.00000192. The van der Waals surface area contributed by atoms with Crippen LogP contribution in [0.4, 0.5) is 0 Å². The zero-order valence-electron chi connectivity index (χ0n) is 13.1. The van der Waals surface area contributed by atoms with Crippen molar-refractivity contribution < 1.29 is 4.79 Å². The molecule has 1 amide bonds. The van der Waals surface area contributed by atoms with Gasteiger partial charge in [-0.2, -0.15) is 0 Å². The molecule has 0 radical (unpaired) electrons. The first-order valence-electron chi connectivity index (χ1n) is 8.09. The molecule has 0 aliphatic carbocycles. The second kappa shape index (κ2) is 8.57. The minimum Gasteiger partial charge on any atom is -0.338 e. The maximum Gasteiger partial charge on any atom is 0.222 e. The van der Waals surface area contributed by atoms with E-state index in [1.165, 1.54) is 12.8 Å². The lowest BCUT2D eigenvalue weighted by Crippen LogP contribution is -2.36. The summed E-state index contributed by atoms with van der Waals surface area (Å²) < 4.78 is 0. The van der Waals surface area contributed by atoms with Gasteiger partial charge in [0.05, 0.1) is 10.0 Å². The molecule has 1 aromatic carbocycles. The fraction of sp³-hybridized carbons (Fsp3) is 0.588. The van der Waals surface area contributed by atoms with E-state index in [4.69, 9.17) is 23.2 Å². The average Bonchev–Trinajstić information content (AvgIpc) is 2.56. The number of rotatable bonds is 3. The highest BCUT2D eigenvalue weighted by Gasteiger charge is 2.24. The van der Waals surface area contributed by atoms with Gasteiger partial charge in [-0.15, -0.1) is 12.4 Å². The van der Waals surface area contributed by atoms with Crippen LogP contribution in [0.1, 0.15) is 36.8 Å². The van der Waals surface area contributed by atoms with E-state index in [1.54, 1.807) is 0 Å². The smallest absolute Gasteiger partial charge is 0.222 e. The van der Waals surface area contributed by atoms with Crippen LogP contribution in [0.15, 0.2) is 12.1 Å². The van der Waals surface area contributed by atoms with Crippen LogP contribution in [-0.2, 0) is 17.8 Å². The van der Waals surface area contributed by atoms with Crippen molar-refractivity contribution in [3.05, 3.63) is 33.3 Å². The number of hydrogen-bond donors (Lipinski definition) is 1. The number of fused-ring (bicyclic) bond motifs is 1. The maximum absolute atomic E-state index is 12.5. The van der Waals surface area contributed by atoms with E-state index in [0.717, 1.165) is 43.6 Å². The van der Waals surface area contributed by atoms with E-state index in [1.807, 2.05) is 17.0 Å². The van der Waals surface area contributed by atoms with Crippen molar-refractivity contribution in [2.75, 3.05) is 19.6 Å². The summed E-state index contributed by atoms with van der Waals surface area (Å²) in [4.78, 5) is 14.4. The molecule has 3 nitrogen and oxygen atoms in total. The number of benzene rings is 1. The summed E-state index contributed by atoms with van der Waals surface area (Å²) >= 11 is 12.3. The van der Waals surface area contributed by atoms with Gasteiger partial charge in [0.1, 0.15) is 0 Å². The average molecular weight is 378 g/mol. The molecule has 2 aliphatic heterocycles. The van der Waals surface area contributed by atoms with E-state index < -0.39 is 0 Å². The van der Waals surface area contributed by atoms with Crippen molar-refractivity contribution in [1.82, 2.24) is 10.2 Å². The summed E-state index contributed by atoms with van der Waals surface area (Å²) in [5.74, 6) is 0.978. The van der Waals surface area contributed by atoms with Gasteiger partial charge in [-0.1, -0.05) is 29.3 Å². The number of hydrogen-bond acceptors (Lipinski definition) is 2. The molecule has 0 spiro atoms. The van der Waals surface area contributed by atoms with Crippen molar-refractivity contribution in [3.63, 3.8) is 0 Å². The van der Waals surface area contributed by atoms with Crippen LogP contribution in [0.3, 0.4) is 0 Å². The maximum atomic E-state index is 12.5. The van der Waals surface area contributed by atoms with Gasteiger partial charge < -0.3 is 10.2 Å². The molecule has 23 heavy (non-hydrogen) atoms. The molecule has 1 fully saturated rings. The fourth-order valence-electron chi connectivity index (χ4n) is 3.45. The first-order chi connectivity index (χ1) is 10.6. The first-order valence-corrected chi connectivity index (χ1v) is 8.85. The van der Waals surface area contributed by atoms with E-state index >= 15 is 0 Å². The van der Waals surface area contributed by atoms with Crippen molar-refractivity contribution in [2.24, 2.45) is 5.92 Å². The SMILES string of the molecule is Cl.O=C(CCC1CCNCC1)N1CCc2c(ccc(Cl)c2Cl)C1. The summed E-state index contributed by atoms with van der Waals surface area (Å²) in [6.07, 6.45) is 4.88. The third kappa shape index (κ3) is 4.54. The number of carbonyl (C=O) groups is 1. The normalized spacial score (nSPS) is 18.3. The number of carbonyl (C=O) groups excluding carboxylic acids is 1. The fourth-order valence-corrected chi connectivity index (χ4v) is 3.91. The molecular formula is C17H23Cl3N2O. The summed E-state index contributed by atoms with van der Waals surface area (Å²) in [6, 6.07) is 3.82. The van der Waals surface area contributed by atoms with Gasteiger partial charge in [0.25, 0.3) is 0 Å². The summed E-state index contributed by atoms with van der Waals surface area (Å²) in [5, 5.41) is 4.62. The Morgan fingerprint density at radius 1 is 1.26 bits per heavy atom. The van der Waals surface area contributed by atoms with Crippen LogP contribution >= 0.6 is 35.6 Å². The lowest BCUT2D eigenvalue weighted by Gasteiger charge is -2.30. The van der Waals surface area contributed by atoms with Gasteiger partial charge in [0, 0.05) is 19.5 Å². The molecule has 2 heterocycles. The van der Waals surface area contributed by atoms with Gasteiger partial charge in [-0.3, -0.25) is 4.79 Å². The Hall–Kier alpha value is -0.480. The predicted octanol–water partition coefficient (Wildman–Crippen LogP) is 4.08. The summed E-state index contributed by atoms with van der Waals surface area (Å²) in [6.45, 7) is 3.60. The van der Waals surface area contributed by atoms with E-state index in [0.29, 0.717) is 28.9 Å². The van der Waals surface area contributed by atoms with Crippen molar-refractivity contribution in [2.45, 2.75) is 38.6 Å². The molecule has 1 N–H and O–H groups in total. The molecule has 0 aromatic heterocycles. The lowest BCUT2D eigenvalue weighted by atomic mass is 9.92. The Kier molecular flexibility index (Phi) is 7.02. The number of piperidine rings is 1. The Labute approximate surface area is 154 Å². The largest absolute Gasteiger partial charge is 0.338 e. The Morgan fingerprint density at radius 3 is 2.74 bits per heavy atom. The van der Waals surface area contributed by atoms with E-state index in [9.17, 15) is 4.79 Å². The third-order valence-corrected chi connectivity index (χ3v) is 5.71. The van der Waals surface area contributed by atoms with Crippen molar-refractivity contribution in [3.8, 4) is 0 Å². The topological polar surface area (TPSA) is 32.3 Å². The van der Waals surface area contributed by atoms with Gasteiger partial charge in [-0.25, -0.2) is 0 Å². The Bertz CT molecular complexity index is 559. The zero-order valence-corrected chi connectivity index (χ0v) is 15.4. The van der Waals surface area contributed by atoms with Gasteiger partial charge in [0.2, 0.25) is 5.91 Å². The molecule has 6 heteroatoms. The molecule has 2 aliphatic rings. The molecule has 1 saturated heterocycles. The van der Waals surface area contributed by atoms with Gasteiger partial charge >= 0.3 is 0 Å². The highest BCUT2D eigenvalue weighted by Crippen LogP contribution is 2.32. The van der Waals surface area contributed by atoms with Crippen molar-refractivity contribution in [1.29, 1.82) is 0 Å². The number of halogens is 3. The first kappa shape index (κ1) is 18.9. The van der Waals surface area contributed by atoms with Crippen molar-refractivity contribution >= 4 is 41.5 Å². The second-order valence-electron chi connectivity index (χ2n) is 6.30. The predicted molar refractivity (Wildman–Crippen MR) is 97.7 cm³/mol. The second-order valence-corrected chi connectivity index (χ2v) is 7.08. The van der Waals surface area contributed by atoms with Crippen LogP contribution in [-0.4, -0.2) is 30.4 Å². The van der Waals surface area contributed by atoms with Crippen LogP contribution in [0.2, 0.25) is 10.0 Å². The van der Waals surface area contributed by atoms with E-state index in [2.05, 4.69) is 5.32 Å². The highest BCUT2D eigenvalue weighted by atomic mass is 35.5. The molecule has 0 atom stereocenters. The molecule has 0 saturated carbocycles. The third-order valence-electron chi connectivity index (χ3n) is 4.86. The van der Waals surface area contributed by atoms with Crippen LogP contribution < -0.4 is 5.32 Å². The quantitative estimate of drug-likeness (QED) is 0.861. The van der Waals surface area contributed by atoms with Crippen LogP contribution in [0.25, 0.3) is 0 Å². The standard InChI is InChI=1S/C17H22Cl2N2O.ClH/c18-15-3-2-13-11-21(10-7-14(13)17(15)19)16(22)4-1-12-5-8-20-9-6-12;/h2-3,12,20H,1,4-11H2;1H. The van der Waals surface area contributed by atoms with E-state index in [-0.39, 0.29) is 18.3 Å².